The van der Waals surface area contributed by atoms with E-state index in [4.69, 9.17) is 0 Å². The molecule has 0 fully saturated rings. The van der Waals surface area contributed by atoms with Gasteiger partial charge in [-0.2, -0.15) is 0 Å². The Kier molecular flexibility index (Phi) is 10.4. The number of aryl methyl sites for hydroxylation is 2. The van der Waals surface area contributed by atoms with Crippen LogP contribution in [0.15, 0.2) is 108 Å². The van der Waals surface area contributed by atoms with Crippen LogP contribution in [0.5, 0.6) is 0 Å². The van der Waals surface area contributed by atoms with E-state index >= 15 is 4.39 Å². The van der Waals surface area contributed by atoms with Crippen LogP contribution in [0.4, 0.5) is 10.1 Å². The zero-order chi connectivity index (χ0) is 32.8. The second kappa shape index (κ2) is 14.1. The molecule has 4 rings (SSSR count). The van der Waals surface area contributed by atoms with E-state index in [1.54, 1.807) is 12.1 Å². The summed E-state index contributed by atoms with van der Waals surface area (Å²) in [5.41, 5.74) is 2.60. The van der Waals surface area contributed by atoms with Crippen LogP contribution < -0.4 is 9.62 Å². The molecule has 0 aliphatic carbocycles. The standard InChI is InChI=1S/C36H40FN3O4S/c1-26-15-19-29(20-16-26)24-39(33(35(42)38-36(3,4)5)23-28-11-7-6-8-12-28)34(41)25-40(32-14-10-9-13-31(32)37)45(43,44)30-21-17-27(2)18-22-30/h6-22,33H,23-25H2,1-5H3,(H,38,42). The summed E-state index contributed by atoms with van der Waals surface area (Å²) in [5.74, 6) is -1.83. The molecule has 1 N–H and O–H groups in total. The van der Waals surface area contributed by atoms with Crippen LogP contribution >= 0.6 is 0 Å². The van der Waals surface area contributed by atoms with Crippen molar-refractivity contribution in [2.45, 2.75) is 64.1 Å². The summed E-state index contributed by atoms with van der Waals surface area (Å²) < 4.78 is 44.1. The Morgan fingerprint density at radius 2 is 1.33 bits per heavy atom. The fraction of sp³-hybridized carbons (Fsp3) is 0.278. The Hall–Kier alpha value is -4.50. The highest BCUT2D eigenvalue weighted by Crippen LogP contribution is 2.27. The first-order chi connectivity index (χ1) is 21.2. The summed E-state index contributed by atoms with van der Waals surface area (Å²) in [6.45, 7) is 8.64. The third kappa shape index (κ3) is 8.79. The summed E-state index contributed by atoms with van der Waals surface area (Å²) >= 11 is 0. The molecule has 1 atom stereocenters. The molecule has 2 amide bonds. The van der Waals surface area contributed by atoms with Gasteiger partial charge in [0.25, 0.3) is 10.0 Å². The lowest BCUT2D eigenvalue weighted by atomic mass is 10.0. The number of hydrogen-bond donors (Lipinski definition) is 1. The molecule has 0 aromatic heterocycles. The van der Waals surface area contributed by atoms with E-state index < -0.39 is 39.9 Å². The number of nitrogens with zero attached hydrogens (tertiary/aromatic N) is 2. The van der Waals surface area contributed by atoms with Crippen LogP contribution in [0, 0.1) is 19.7 Å². The smallest absolute Gasteiger partial charge is 0.264 e. The number of carbonyl (C=O) groups excluding carboxylic acids is 2. The number of carbonyl (C=O) groups is 2. The van der Waals surface area contributed by atoms with Gasteiger partial charge in [0, 0.05) is 18.5 Å². The van der Waals surface area contributed by atoms with Gasteiger partial charge in [-0.1, -0.05) is 90.0 Å². The summed E-state index contributed by atoms with van der Waals surface area (Å²) in [6, 6.07) is 27.5. The molecule has 4 aromatic carbocycles. The number of benzene rings is 4. The molecule has 45 heavy (non-hydrogen) atoms. The van der Waals surface area contributed by atoms with Crippen LogP contribution in [0.1, 0.15) is 43.0 Å². The predicted molar refractivity (Wildman–Crippen MR) is 176 cm³/mol. The molecule has 0 radical (unpaired) electrons. The van der Waals surface area contributed by atoms with E-state index in [1.165, 1.54) is 35.2 Å². The Balaban J connectivity index is 1.82. The number of hydrogen-bond acceptors (Lipinski definition) is 4. The average molecular weight is 630 g/mol. The quantitative estimate of drug-likeness (QED) is 0.214. The van der Waals surface area contributed by atoms with Gasteiger partial charge in [-0.05, 0) is 70.0 Å². The normalized spacial score (nSPS) is 12.3. The van der Waals surface area contributed by atoms with E-state index in [0.29, 0.717) is 0 Å². The van der Waals surface area contributed by atoms with E-state index in [0.717, 1.165) is 32.6 Å². The minimum Gasteiger partial charge on any atom is -0.350 e. The Bertz CT molecular complexity index is 1720. The number of anilines is 1. The summed E-state index contributed by atoms with van der Waals surface area (Å²) in [4.78, 5) is 29.7. The van der Waals surface area contributed by atoms with Crippen LogP contribution in [0.3, 0.4) is 0 Å². The number of halogens is 1. The highest BCUT2D eigenvalue weighted by Gasteiger charge is 2.36. The zero-order valence-corrected chi connectivity index (χ0v) is 27.1. The lowest BCUT2D eigenvalue weighted by molar-refractivity contribution is -0.140. The van der Waals surface area contributed by atoms with Crippen molar-refractivity contribution in [3.05, 3.63) is 131 Å². The fourth-order valence-electron chi connectivity index (χ4n) is 4.90. The van der Waals surface area contributed by atoms with Crippen LogP contribution in [0.2, 0.25) is 0 Å². The molecule has 0 spiro atoms. The van der Waals surface area contributed by atoms with Crippen molar-refractivity contribution in [3.8, 4) is 0 Å². The van der Waals surface area contributed by atoms with Crippen LogP contribution in [-0.4, -0.2) is 43.3 Å². The van der Waals surface area contributed by atoms with Gasteiger partial charge in [-0.3, -0.25) is 13.9 Å². The SMILES string of the molecule is Cc1ccc(CN(C(=O)CN(c2ccccc2F)S(=O)(=O)c2ccc(C)cc2)C(Cc2ccccc2)C(=O)NC(C)(C)C)cc1. The Morgan fingerprint density at radius 3 is 1.91 bits per heavy atom. The van der Waals surface area contributed by atoms with Crippen molar-refractivity contribution in [2.75, 3.05) is 10.8 Å². The zero-order valence-electron chi connectivity index (χ0n) is 26.3. The maximum Gasteiger partial charge on any atom is 0.264 e. The van der Waals surface area contributed by atoms with Crippen molar-refractivity contribution in [2.24, 2.45) is 0 Å². The second-order valence-corrected chi connectivity index (χ2v) is 14.1. The van der Waals surface area contributed by atoms with Crippen LogP contribution in [0.25, 0.3) is 0 Å². The molecule has 4 aromatic rings. The minimum absolute atomic E-state index is 0.0316. The summed E-state index contributed by atoms with van der Waals surface area (Å²) in [6.07, 6.45) is 0.185. The molecule has 0 heterocycles. The van der Waals surface area contributed by atoms with Crippen molar-refractivity contribution < 1.29 is 22.4 Å². The van der Waals surface area contributed by atoms with Gasteiger partial charge in [0.05, 0.1) is 10.6 Å². The number of nitrogens with one attached hydrogen (secondary N) is 1. The fourth-order valence-corrected chi connectivity index (χ4v) is 6.32. The molecule has 0 saturated carbocycles. The van der Waals surface area contributed by atoms with Gasteiger partial charge in [0.2, 0.25) is 11.8 Å². The van der Waals surface area contributed by atoms with Gasteiger partial charge in [-0.15, -0.1) is 0 Å². The number of rotatable bonds is 11. The topological polar surface area (TPSA) is 86.8 Å². The molecule has 0 aliphatic rings. The molecule has 0 saturated heterocycles. The lowest BCUT2D eigenvalue weighted by Crippen LogP contribution is -2.56. The first kappa shape index (κ1) is 33.4. The van der Waals surface area contributed by atoms with Crippen molar-refractivity contribution in [1.82, 2.24) is 10.2 Å². The molecule has 9 heteroatoms. The predicted octanol–water partition coefficient (Wildman–Crippen LogP) is 6.19. The van der Waals surface area contributed by atoms with Crippen LogP contribution in [-0.2, 0) is 32.6 Å². The highest BCUT2D eigenvalue weighted by molar-refractivity contribution is 7.92. The molecule has 1 unspecified atom stereocenters. The first-order valence-corrected chi connectivity index (χ1v) is 16.2. The van der Waals surface area contributed by atoms with Gasteiger partial charge in [-0.25, -0.2) is 12.8 Å². The van der Waals surface area contributed by atoms with E-state index in [9.17, 15) is 18.0 Å². The van der Waals surface area contributed by atoms with Gasteiger partial charge in [0.15, 0.2) is 0 Å². The van der Waals surface area contributed by atoms with Crippen molar-refractivity contribution in [3.63, 3.8) is 0 Å². The molecule has 236 valence electrons. The van der Waals surface area contributed by atoms with Gasteiger partial charge < -0.3 is 10.2 Å². The van der Waals surface area contributed by atoms with E-state index in [2.05, 4.69) is 5.32 Å². The molecular formula is C36H40FN3O4S. The maximum absolute atomic E-state index is 15.3. The highest BCUT2D eigenvalue weighted by atomic mass is 32.2. The maximum atomic E-state index is 15.3. The second-order valence-electron chi connectivity index (χ2n) is 12.2. The average Bonchev–Trinajstić information content (AvgIpc) is 2.99. The molecule has 0 aliphatic heterocycles. The van der Waals surface area contributed by atoms with E-state index in [-0.39, 0.29) is 29.5 Å². The van der Waals surface area contributed by atoms with Gasteiger partial charge in [0.1, 0.15) is 18.4 Å². The summed E-state index contributed by atoms with van der Waals surface area (Å²) in [5, 5.41) is 3.00. The third-order valence-electron chi connectivity index (χ3n) is 7.25. The number of para-hydroxylation sites is 1. The Labute approximate surface area is 265 Å². The lowest BCUT2D eigenvalue weighted by Gasteiger charge is -2.35. The number of sulfonamides is 1. The first-order valence-electron chi connectivity index (χ1n) is 14.8. The van der Waals surface area contributed by atoms with E-state index in [1.807, 2.05) is 89.2 Å². The number of amides is 2. The molecule has 0 bridgehead atoms. The minimum atomic E-state index is -4.39. The van der Waals surface area contributed by atoms with Gasteiger partial charge >= 0.3 is 0 Å². The molecular weight excluding hydrogens is 589 g/mol. The summed E-state index contributed by atoms with van der Waals surface area (Å²) in [7, 11) is -4.39. The molecule has 7 nitrogen and oxygen atoms in total. The Morgan fingerprint density at radius 1 is 0.778 bits per heavy atom. The monoisotopic (exact) mass is 629 g/mol. The van der Waals surface area contributed by atoms with Crippen molar-refractivity contribution in [1.29, 1.82) is 0 Å². The van der Waals surface area contributed by atoms with Crippen molar-refractivity contribution >= 4 is 27.5 Å². The third-order valence-corrected chi connectivity index (χ3v) is 9.03. The largest absolute Gasteiger partial charge is 0.350 e.